The Bertz CT molecular complexity index is 676. The standard InChI is InChI=1S/C22H31N3O2/c1-15-23-5-2-20(24-15)27-19-3-6-25(7-4-19)21(26)14-22-11-16-8-17(12-22)10-18(9-16)13-22/h2,5,16-19H,3-4,6-14H2,1H3. The van der Waals surface area contributed by atoms with E-state index < -0.39 is 0 Å². The van der Waals surface area contributed by atoms with Gasteiger partial charge in [0.05, 0.1) is 0 Å². The monoisotopic (exact) mass is 369 g/mol. The van der Waals surface area contributed by atoms with Crippen molar-refractivity contribution < 1.29 is 9.53 Å². The van der Waals surface area contributed by atoms with Gasteiger partial charge in [0.1, 0.15) is 11.9 Å². The Balaban J connectivity index is 1.15. The van der Waals surface area contributed by atoms with Gasteiger partial charge in [-0.3, -0.25) is 4.79 Å². The predicted molar refractivity (Wildman–Crippen MR) is 102 cm³/mol. The molecule has 0 N–H and O–H groups in total. The molecule has 1 aromatic heterocycles. The summed E-state index contributed by atoms with van der Waals surface area (Å²) in [6.45, 7) is 3.51. The fraction of sp³-hybridized carbons (Fsp3) is 0.773. The lowest BCUT2D eigenvalue weighted by atomic mass is 9.49. The molecule has 2 heterocycles. The molecular formula is C22H31N3O2. The molecule has 0 atom stereocenters. The zero-order valence-electron chi connectivity index (χ0n) is 16.4. The molecule has 4 bridgehead atoms. The number of piperidine rings is 1. The largest absolute Gasteiger partial charge is 0.474 e. The van der Waals surface area contributed by atoms with Crippen LogP contribution in [0.15, 0.2) is 12.3 Å². The summed E-state index contributed by atoms with van der Waals surface area (Å²) >= 11 is 0. The summed E-state index contributed by atoms with van der Waals surface area (Å²) in [6.07, 6.45) is 12.8. The molecule has 27 heavy (non-hydrogen) atoms. The fourth-order valence-corrected chi connectivity index (χ4v) is 6.83. The highest BCUT2D eigenvalue weighted by molar-refractivity contribution is 5.77. The van der Waals surface area contributed by atoms with Crippen molar-refractivity contribution in [3.8, 4) is 5.88 Å². The minimum atomic E-state index is 0.155. The topological polar surface area (TPSA) is 55.3 Å². The van der Waals surface area contributed by atoms with Crippen LogP contribution in [0.2, 0.25) is 0 Å². The Kier molecular flexibility index (Phi) is 4.36. The van der Waals surface area contributed by atoms with Crippen molar-refractivity contribution >= 4 is 5.91 Å². The van der Waals surface area contributed by atoms with Gasteiger partial charge in [0.15, 0.2) is 0 Å². The van der Waals surface area contributed by atoms with Gasteiger partial charge in [-0.05, 0) is 68.6 Å². The van der Waals surface area contributed by atoms with Crippen LogP contribution >= 0.6 is 0 Å². The predicted octanol–water partition coefficient (Wildman–Crippen LogP) is 3.76. The van der Waals surface area contributed by atoms with E-state index in [2.05, 4.69) is 14.9 Å². The number of carbonyl (C=O) groups is 1. The van der Waals surface area contributed by atoms with Crippen LogP contribution in [0.1, 0.15) is 63.6 Å². The maximum atomic E-state index is 13.1. The third-order valence-corrected chi connectivity index (χ3v) is 7.52. The third-order valence-electron chi connectivity index (χ3n) is 7.52. The van der Waals surface area contributed by atoms with Gasteiger partial charge in [0.25, 0.3) is 0 Å². The molecule has 0 aromatic carbocycles. The maximum absolute atomic E-state index is 13.1. The van der Waals surface area contributed by atoms with Crippen molar-refractivity contribution in [1.29, 1.82) is 0 Å². The van der Waals surface area contributed by atoms with Gasteiger partial charge in [-0.25, -0.2) is 4.98 Å². The van der Waals surface area contributed by atoms with Crippen LogP contribution in [0.4, 0.5) is 0 Å². The molecule has 4 aliphatic carbocycles. The first kappa shape index (κ1) is 17.4. The van der Waals surface area contributed by atoms with Gasteiger partial charge in [-0.2, -0.15) is 4.98 Å². The Hall–Kier alpha value is -1.65. The second-order valence-electron chi connectivity index (χ2n) is 9.73. The van der Waals surface area contributed by atoms with Gasteiger partial charge in [-0.1, -0.05) is 0 Å². The smallest absolute Gasteiger partial charge is 0.223 e. The molecule has 1 aliphatic heterocycles. The van der Waals surface area contributed by atoms with E-state index in [0.717, 1.165) is 55.9 Å². The number of aryl methyl sites for hydroxylation is 1. The van der Waals surface area contributed by atoms with E-state index in [0.29, 0.717) is 17.2 Å². The van der Waals surface area contributed by atoms with Gasteiger partial charge in [0, 0.05) is 44.6 Å². The Morgan fingerprint density at radius 1 is 1.15 bits per heavy atom. The first-order chi connectivity index (χ1) is 13.1. The number of likely N-dealkylation sites (tertiary alicyclic amines) is 1. The van der Waals surface area contributed by atoms with Crippen LogP contribution < -0.4 is 4.74 Å². The van der Waals surface area contributed by atoms with Gasteiger partial charge in [0.2, 0.25) is 11.8 Å². The molecule has 5 fully saturated rings. The number of amides is 1. The molecule has 1 amide bonds. The number of hydrogen-bond donors (Lipinski definition) is 0. The van der Waals surface area contributed by atoms with Crippen LogP contribution in [0.25, 0.3) is 0 Å². The number of carbonyl (C=O) groups excluding carboxylic acids is 1. The highest BCUT2D eigenvalue weighted by Gasteiger charge is 2.51. The Labute approximate surface area is 161 Å². The molecule has 0 spiro atoms. The first-order valence-electron chi connectivity index (χ1n) is 10.8. The van der Waals surface area contributed by atoms with Crippen molar-refractivity contribution in [1.82, 2.24) is 14.9 Å². The molecule has 5 heteroatoms. The van der Waals surface area contributed by atoms with E-state index in [4.69, 9.17) is 4.74 Å². The summed E-state index contributed by atoms with van der Waals surface area (Å²) in [5.41, 5.74) is 0.345. The summed E-state index contributed by atoms with van der Waals surface area (Å²) in [7, 11) is 0. The van der Waals surface area contributed by atoms with Crippen LogP contribution in [0.5, 0.6) is 5.88 Å². The zero-order chi connectivity index (χ0) is 18.4. The van der Waals surface area contributed by atoms with Crippen LogP contribution in [0, 0.1) is 30.1 Å². The SMILES string of the molecule is Cc1nccc(OC2CCN(C(=O)CC34CC5CC(CC(C5)C3)C4)CC2)n1. The number of ether oxygens (including phenoxy) is 1. The average molecular weight is 370 g/mol. The molecule has 6 rings (SSSR count). The molecule has 1 aromatic rings. The molecule has 5 nitrogen and oxygen atoms in total. The number of hydrogen-bond acceptors (Lipinski definition) is 4. The number of nitrogens with zero attached hydrogens (tertiary/aromatic N) is 3. The van der Waals surface area contributed by atoms with Crippen LogP contribution in [-0.4, -0.2) is 40.0 Å². The molecule has 5 aliphatic rings. The second kappa shape index (κ2) is 6.75. The van der Waals surface area contributed by atoms with Crippen molar-refractivity contribution in [3.63, 3.8) is 0 Å². The third kappa shape index (κ3) is 3.57. The summed E-state index contributed by atoms with van der Waals surface area (Å²) in [6, 6.07) is 1.82. The van der Waals surface area contributed by atoms with Gasteiger partial charge >= 0.3 is 0 Å². The lowest BCUT2D eigenvalue weighted by Crippen LogP contribution is -2.49. The molecule has 0 unspecified atom stereocenters. The highest BCUT2D eigenvalue weighted by Crippen LogP contribution is 2.61. The first-order valence-corrected chi connectivity index (χ1v) is 10.8. The van der Waals surface area contributed by atoms with E-state index in [-0.39, 0.29) is 6.10 Å². The average Bonchev–Trinajstić information content (AvgIpc) is 2.61. The highest BCUT2D eigenvalue weighted by atomic mass is 16.5. The Morgan fingerprint density at radius 2 is 1.78 bits per heavy atom. The lowest BCUT2D eigenvalue weighted by molar-refractivity contribution is -0.141. The van der Waals surface area contributed by atoms with E-state index in [9.17, 15) is 4.79 Å². The summed E-state index contributed by atoms with van der Waals surface area (Å²) < 4.78 is 6.01. The van der Waals surface area contributed by atoms with Crippen molar-refractivity contribution in [3.05, 3.63) is 18.1 Å². The number of aromatic nitrogens is 2. The normalized spacial score (nSPS) is 35.4. The van der Waals surface area contributed by atoms with Crippen molar-refractivity contribution in [2.24, 2.45) is 23.2 Å². The summed E-state index contributed by atoms with van der Waals surface area (Å²) in [5, 5.41) is 0. The van der Waals surface area contributed by atoms with Crippen molar-refractivity contribution in [2.75, 3.05) is 13.1 Å². The Morgan fingerprint density at radius 3 is 2.37 bits per heavy atom. The van der Waals surface area contributed by atoms with E-state index in [1.807, 2.05) is 13.0 Å². The van der Waals surface area contributed by atoms with E-state index in [1.165, 1.54) is 38.5 Å². The molecular weight excluding hydrogens is 338 g/mol. The second-order valence-corrected chi connectivity index (χ2v) is 9.73. The quantitative estimate of drug-likeness (QED) is 0.811. The van der Waals surface area contributed by atoms with Gasteiger partial charge < -0.3 is 9.64 Å². The van der Waals surface area contributed by atoms with E-state index in [1.54, 1.807) is 6.20 Å². The summed E-state index contributed by atoms with van der Waals surface area (Å²) in [5.74, 6) is 4.53. The molecule has 4 saturated carbocycles. The molecule has 146 valence electrons. The minimum Gasteiger partial charge on any atom is -0.474 e. The number of rotatable bonds is 4. The maximum Gasteiger partial charge on any atom is 0.223 e. The lowest BCUT2D eigenvalue weighted by Gasteiger charge is -2.57. The molecule has 0 radical (unpaired) electrons. The summed E-state index contributed by atoms with van der Waals surface area (Å²) in [4.78, 5) is 23.6. The molecule has 1 saturated heterocycles. The van der Waals surface area contributed by atoms with E-state index >= 15 is 0 Å². The van der Waals surface area contributed by atoms with Gasteiger partial charge in [-0.15, -0.1) is 0 Å². The minimum absolute atomic E-state index is 0.155. The van der Waals surface area contributed by atoms with Crippen LogP contribution in [0.3, 0.4) is 0 Å². The fourth-order valence-electron chi connectivity index (χ4n) is 6.83. The zero-order valence-corrected chi connectivity index (χ0v) is 16.4. The van der Waals surface area contributed by atoms with Crippen LogP contribution in [-0.2, 0) is 4.79 Å². The van der Waals surface area contributed by atoms with Crippen molar-refractivity contribution in [2.45, 2.75) is 70.8 Å².